The van der Waals surface area contributed by atoms with Crippen LogP contribution < -0.4 is 4.43 Å². The zero-order valence-electron chi connectivity index (χ0n) is 5.62. The third-order valence-corrected chi connectivity index (χ3v) is 2.22. The summed E-state index contributed by atoms with van der Waals surface area (Å²) in [5.41, 5.74) is 0. The lowest BCUT2D eigenvalue weighted by molar-refractivity contribution is 0.449. The molecule has 1 aromatic rings. The van der Waals surface area contributed by atoms with E-state index in [2.05, 4.69) is 0 Å². The molecule has 0 aliphatic rings. The number of hydrogen-bond acceptors (Lipinski definition) is 0. The van der Waals surface area contributed by atoms with Crippen LogP contribution in [0, 0.1) is 17.5 Å². The van der Waals surface area contributed by atoms with Gasteiger partial charge in [0, 0.05) is 0 Å². The van der Waals surface area contributed by atoms with Gasteiger partial charge >= 0.3 is 15.1 Å². The highest BCUT2D eigenvalue weighted by Crippen LogP contribution is 2.08. The Morgan fingerprint density at radius 3 is 2.00 bits per heavy atom. The third kappa shape index (κ3) is 1.59. The Morgan fingerprint density at radius 1 is 0.917 bits per heavy atom. The van der Waals surface area contributed by atoms with Crippen molar-refractivity contribution in [1.82, 2.24) is 0 Å². The Balaban J connectivity index is 3.27. The van der Waals surface area contributed by atoms with Crippen LogP contribution in [0.2, 0.25) is 0 Å². The molecule has 1 rings (SSSR count). The first-order valence-corrected chi connectivity index (χ1v) is 4.40. The van der Waals surface area contributed by atoms with Crippen molar-refractivity contribution in [2.45, 2.75) is 0 Å². The minimum Gasteiger partial charge on any atom is -0.370 e. The van der Waals surface area contributed by atoms with E-state index in [0.717, 1.165) is 0 Å². The molecule has 0 aliphatic carbocycles. The molecule has 0 heterocycles. The van der Waals surface area contributed by atoms with Gasteiger partial charge in [-0.2, -0.15) is 0 Å². The summed E-state index contributed by atoms with van der Waals surface area (Å²) in [6.07, 6.45) is 0. The maximum absolute atomic E-state index is 12.5. The molecule has 0 spiro atoms. The number of halogens is 5. The zero-order valence-corrected chi connectivity index (χ0v) is 6.78. The highest BCUT2D eigenvalue weighted by Gasteiger charge is 2.30. The Kier molecular flexibility index (Phi) is 2.70. The molecule has 0 N–H and O–H groups in total. The number of hydrogen-bond donors (Lipinski definition) is 0. The average Bonchev–Trinajstić information content (AvgIpc) is 2.00. The van der Waals surface area contributed by atoms with E-state index in [1.54, 1.807) is 0 Å². The van der Waals surface area contributed by atoms with Crippen LogP contribution in [0.4, 0.5) is 20.2 Å². The van der Waals surface area contributed by atoms with Gasteiger partial charge in [0.2, 0.25) is 0 Å². The summed E-state index contributed by atoms with van der Waals surface area (Å²) in [5.74, 6) is -5.05. The van der Waals surface area contributed by atoms with Crippen molar-refractivity contribution in [1.29, 1.82) is 0 Å². The molecule has 0 amide bonds. The molecule has 0 nitrogen and oxygen atoms in total. The summed E-state index contributed by atoms with van der Waals surface area (Å²) in [5, 5.41) is 0. The minimum atomic E-state index is -4.40. The SMILES string of the molecule is Fc1cc[c]([Al]([F])[F])c(F)c1F. The second-order valence-electron chi connectivity index (χ2n) is 2.07. The molecule has 0 unspecified atom stereocenters. The van der Waals surface area contributed by atoms with Gasteiger partial charge < -0.3 is 7.05 Å². The molecule has 1 aromatic carbocycles. The molecule has 0 bridgehead atoms. The van der Waals surface area contributed by atoms with Crippen LogP contribution in [0.3, 0.4) is 0 Å². The predicted octanol–water partition coefficient (Wildman–Crippen LogP) is 1.74. The van der Waals surface area contributed by atoms with Crippen molar-refractivity contribution in [2.24, 2.45) is 0 Å². The topological polar surface area (TPSA) is 0 Å². The van der Waals surface area contributed by atoms with Crippen molar-refractivity contribution in [3.05, 3.63) is 29.6 Å². The molecule has 0 aliphatic heterocycles. The Labute approximate surface area is 70.0 Å². The van der Waals surface area contributed by atoms with Crippen molar-refractivity contribution in [2.75, 3.05) is 0 Å². The van der Waals surface area contributed by atoms with Gasteiger partial charge in [-0.3, -0.25) is 0 Å². The molecule has 0 radical (unpaired) electrons. The van der Waals surface area contributed by atoms with Crippen LogP contribution in [-0.2, 0) is 0 Å². The zero-order chi connectivity index (χ0) is 9.30. The molecular weight excluding hydrogens is 194 g/mol. The van der Waals surface area contributed by atoms with Gasteiger partial charge in [0.05, 0.1) is 0 Å². The van der Waals surface area contributed by atoms with E-state index in [1.807, 2.05) is 0 Å². The van der Waals surface area contributed by atoms with E-state index < -0.39 is 36.9 Å². The average molecular weight is 196 g/mol. The van der Waals surface area contributed by atoms with Crippen LogP contribution in [0.1, 0.15) is 0 Å². The van der Waals surface area contributed by atoms with Gasteiger partial charge in [-0.15, -0.1) is 0 Å². The fraction of sp³-hybridized carbons (Fsp3) is 0. The molecule has 0 fully saturated rings. The maximum atomic E-state index is 12.5. The normalized spacial score (nSPS) is 10.1. The fourth-order valence-corrected chi connectivity index (χ4v) is 1.27. The third-order valence-electron chi connectivity index (χ3n) is 1.30. The van der Waals surface area contributed by atoms with E-state index in [1.165, 1.54) is 0 Å². The summed E-state index contributed by atoms with van der Waals surface area (Å²) >= 11 is -4.40. The molecule has 0 saturated carbocycles. The van der Waals surface area contributed by atoms with Gasteiger partial charge in [-0.25, -0.2) is 13.2 Å². The smallest absolute Gasteiger partial charge is 0.370 e. The molecule has 12 heavy (non-hydrogen) atoms. The number of benzene rings is 1. The van der Waals surface area contributed by atoms with Crippen molar-refractivity contribution in [3.8, 4) is 0 Å². The van der Waals surface area contributed by atoms with Crippen molar-refractivity contribution in [3.63, 3.8) is 0 Å². The lowest BCUT2D eigenvalue weighted by atomic mass is 10.3. The van der Waals surface area contributed by atoms with Crippen molar-refractivity contribution < 1.29 is 20.2 Å². The summed E-state index contributed by atoms with van der Waals surface area (Å²) < 4.78 is 59.8. The van der Waals surface area contributed by atoms with E-state index in [0.29, 0.717) is 12.1 Å². The monoisotopic (exact) mass is 196 g/mol. The largest absolute Gasteiger partial charge is 0.805 e. The predicted molar refractivity (Wildman–Crippen MR) is 33.9 cm³/mol. The second-order valence-corrected chi connectivity index (χ2v) is 3.29. The second kappa shape index (κ2) is 3.42. The minimum absolute atomic E-state index is 0.493. The Bertz CT molecular complexity index is 298. The lowest BCUT2D eigenvalue weighted by Crippen LogP contribution is -2.25. The highest BCUT2D eigenvalue weighted by atomic mass is 27.3. The van der Waals surface area contributed by atoms with Crippen LogP contribution in [0.25, 0.3) is 0 Å². The van der Waals surface area contributed by atoms with Crippen molar-refractivity contribution >= 4 is 19.5 Å². The van der Waals surface area contributed by atoms with Crippen LogP contribution in [0.5, 0.6) is 0 Å². The number of rotatable bonds is 1. The van der Waals surface area contributed by atoms with Gasteiger partial charge in [0.15, 0.2) is 17.5 Å². The maximum Gasteiger partial charge on any atom is 0.805 e. The molecular formula is C6H2AlF5. The molecule has 64 valence electrons. The van der Waals surface area contributed by atoms with Gasteiger partial charge in [0.25, 0.3) is 0 Å². The van der Waals surface area contributed by atoms with Crippen LogP contribution in [0.15, 0.2) is 12.1 Å². The van der Waals surface area contributed by atoms with Gasteiger partial charge in [-0.1, -0.05) is 6.07 Å². The first kappa shape index (κ1) is 9.49. The quantitative estimate of drug-likeness (QED) is 0.364. The summed E-state index contributed by atoms with van der Waals surface area (Å²) in [6.45, 7) is 0. The first-order chi connectivity index (χ1) is 5.54. The standard InChI is InChI=1S/C6H2F3.Al.2FH/c7-4-2-1-3-5(8)6(4)9;;;/h1-2H;;2*1H/q;+2;;/p-2. The molecule has 0 saturated heterocycles. The van der Waals surface area contributed by atoms with Gasteiger partial charge in [0.1, 0.15) is 0 Å². The molecule has 0 atom stereocenters. The Morgan fingerprint density at radius 2 is 1.50 bits per heavy atom. The molecule has 6 heteroatoms. The Hall–Kier alpha value is -0.598. The van der Waals surface area contributed by atoms with E-state index in [9.17, 15) is 20.2 Å². The first-order valence-electron chi connectivity index (χ1n) is 2.95. The highest BCUT2D eigenvalue weighted by molar-refractivity contribution is 6.60. The molecule has 0 aromatic heterocycles. The van der Waals surface area contributed by atoms with E-state index in [4.69, 9.17) is 0 Å². The fourth-order valence-electron chi connectivity index (χ4n) is 0.709. The van der Waals surface area contributed by atoms with Crippen LogP contribution in [-0.4, -0.2) is 15.1 Å². The van der Waals surface area contributed by atoms with E-state index >= 15 is 0 Å². The summed E-state index contributed by atoms with van der Waals surface area (Å²) in [4.78, 5) is 0. The summed E-state index contributed by atoms with van der Waals surface area (Å²) in [7, 11) is 0. The summed E-state index contributed by atoms with van der Waals surface area (Å²) in [6, 6.07) is 1.07. The van der Waals surface area contributed by atoms with Crippen LogP contribution >= 0.6 is 0 Å². The van der Waals surface area contributed by atoms with E-state index in [-0.39, 0.29) is 0 Å². The lowest BCUT2D eigenvalue weighted by Gasteiger charge is -1.98. The van der Waals surface area contributed by atoms with Gasteiger partial charge in [-0.05, 0) is 10.5 Å².